The van der Waals surface area contributed by atoms with Gasteiger partial charge in [0.1, 0.15) is 10.8 Å². The van der Waals surface area contributed by atoms with Gasteiger partial charge in [-0.25, -0.2) is 4.98 Å². The molecule has 3 nitrogen and oxygen atoms in total. The normalized spacial score (nSPS) is 12.2. The first-order valence-electron chi connectivity index (χ1n) is 6.85. The van der Waals surface area contributed by atoms with Crippen LogP contribution in [0.5, 0.6) is 5.75 Å². The summed E-state index contributed by atoms with van der Waals surface area (Å²) < 4.78 is 5.52. The number of rotatable bonds is 6. The van der Waals surface area contributed by atoms with E-state index in [0.717, 1.165) is 27.8 Å². The first kappa shape index (κ1) is 16.1. The van der Waals surface area contributed by atoms with Gasteiger partial charge in [0, 0.05) is 22.7 Å². The van der Waals surface area contributed by atoms with E-state index in [4.69, 9.17) is 16.3 Å². The molecule has 0 spiro atoms. The van der Waals surface area contributed by atoms with Gasteiger partial charge >= 0.3 is 0 Å². The Morgan fingerprint density at radius 2 is 2.14 bits per heavy atom. The molecule has 5 heteroatoms. The standard InChI is InChI=1S/C16H19ClN2OS/c1-4-18-11(2)16-13(20-3)6-5-7-14(16)21-15-9-8-12(17)10-19-15/h5-11,18H,4H2,1-3H3. The van der Waals surface area contributed by atoms with Gasteiger partial charge in [0.2, 0.25) is 0 Å². The van der Waals surface area contributed by atoms with E-state index in [1.54, 1.807) is 25.1 Å². The Bertz CT molecular complexity index is 589. The second kappa shape index (κ2) is 7.69. The third-order valence-electron chi connectivity index (χ3n) is 3.10. The molecule has 0 saturated carbocycles. The van der Waals surface area contributed by atoms with E-state index in [-0.39, 0.29) is 6.04 Å². The van der Waals surface area contributed by atoms with Gasteiger partial charge in [0.15, 0.2) is 0 Å². The van der Waals surface area contributed by atoms with Gasteiger partial charge in [0.25, 0.3) is 0 Å². The molecule has 0 saturated heterocycles. The van der Waals surface area contributed by atoms with Crippen molar-refractivity contribution in [1.82, 2.24) is 10.3 Å². The van der Waals surface area contributed by atoms with Gasteiger partial charge in [-0.15, -0.1) is 0 Å². The second-order valence-corrected chi connectivity index (χ2v) is 6.07. The van der Waals surface area contributed by atoms with Crippen LogP contribution in [0.3, 0.4) is 0 Å². The van der Waals surface area contributed by atoms with Crippen molar-refractivity contribution in [2.75, 3.05) is 13.7 Å². The highest BCUT2D eigenvalue weighted by molar-refractivity contribution is 7.99. The maximum atomic E-state index is 5.88. The fourth-order valence-electron chi connectivity index (χ4n) is 2.16. The van der Waals surface area contributed by atoms with Crippen LogP contribution in [0, 0.1) is 0 Å². The van der Waals surface area contributed by atoms with Gasteiger partial charge in [-0.05, 0) is 37.7 Å². The molecule has 2 aromatic rings. The summed E-state index contributed by atoms with van der Waals surface area (Å²) in [6.07, 6.45) is 1.66. The van der Waals surface area contributed by atoms with Crippen LogP contribution in [0.1, 0.15) is 25.5 Å². The number of nitrogens with zero attached hydrogens (tertiary/aromatic N) is 1. The minimum absolute atomic E-state index is 0.209. The van der Waals surface area contributed by atoms with Crippen molar-refractivity contribution in [3.63, 3.8) is 0 Å². The Morgan fingerprint density at radius 3 is 2.76 bits per heavy atom. The summed E-state index contributed by atoms with van der Waals surface area (Å²) in [5.74, 6) is 0.891. The molecule has 0 radical (unpaired) electrons. The van der Waals surface area contributed by atoms with Crippen molar-refractivity contribution >= 4 is 23.4 Å². The van der Waals surface area contributed by atoms with Gasteiger partial charge in [0.05, 0.1) is 12.1 Å². The Kier molecular flexibility index (Phi) is 5.91. The lowest BCUT2D eigenvalue weighted by molar-refractivity contribution is 0.400. The molecule has 1 unspecified atom stereocenters. The molecule has 1 heterocycles. The number of halogens is 1. The maximum absolute atomic E-state index is 5.88. The van der Waals surface area contributed by atoms with Crippen molar-refractivity contribution in [3.8, 4) is 5.75 Å². The Hall–Kier alpha value is -1.23. The number of pyridine rings is 1. The summed E-state index contributed by atoms with van der Waals surface area (Å²) in [6.45, 7) is 5.14. The monoisotopic (exact) mass is 322 g/mol. The highest BCUT2D eigenvalue weighted by Crippen LogP contribution is 2.37. The van der Waals surface area contributed by atoms with Crippen molar-refractivity contribution in [1.29, 1.82) is 0 Å². The lowest BCUT2D eigenvalue weighted by atomic mass is 10.1. The van der Waals surface area contributed by atoms with E-state index >= 15 is 0 Å². The molecule has 0 fully saturated rings. The van der Waals surface area contributed by atoms with E-state index in [1.165, 1.54) is 0 Å². The first-order valence-corrected chi connectivity index (χ1v) is 8.04. The molecule has 1 aromatic heterocycles. The molecular weight excluding hydrogens is 304 g/mol. The Labute approximate surface area is 135 Å². The number of hydrogen-bond acceptors (Lipinski definition) is 4. The van der Waals surface area contributed by atoms with Crippen molar-refractivity contribution < 1.29 is 4.74 Å². The topological polar surface area (TPSA) is 34.1 Å². The minimum Gasteiger partial charge on any atom is -0.496 e. The molecule has 1 atom stereocenters. The van der Waals surface area contributed by atoms with Crippen LogP contribution >= 0.6 is 23.4 Å². The molecule has 1 N–H and O–H groups in total. The molecular formula is C16H19ClN2OS. The van der Waals surface area contributed by atoms with E-state index < -0.39 is 0 Å². The summed E-state index contributed by atoms with van der Waals surface area (Å²) in [5, 5.41) is 5.00. The largest absolute Gasteiger partial charge is 0.496 e. The fraction of sp³-hybridized carbons (Fsp3) is 0.312. The summed E-state index contributed by atoms with van der Waals surface area (Å²) in [5.41, 5.74) is 1.16. The first-order chi connectivity index (χ1) is 10.2. The molecule has 0 aliphatic heterocycles. The van der Waals surface area contributed by atoms with Crippen molar-refractivity contribution in [3.05, 3.63) is 47.1 Å². The van der Waals surface area contributed by atoms with Crippen LogP contribution in [0.4, 0.5) is 0 Å². The molecule has 0 amide bonds. The maximum Gasteiger partial charge on any atom is 0.124 e. The smallest absolute Gasteiger partial charge is 0.124 e. The van der Waals surface area contributed by atoms with Crippen LogP contribution in [0.2, 0.25) is 5.02 Å². The summed E-state index contributed by atoms with van der Waals surface area (Å²) in [6, 6.07) is 10.1. The molecule has 0 aliphatic carbocycles. The molecule has 112 valence electrons. The van der Waals surface area contributed by atoms with Crippen LogP contribution in [-0.4, -0.2) is 18.6 Å². The Morgan fingerprint density at radius 1 is 1.33 bits per heavy atom. The number of hydrogen-bond donors (Lipinski definition) is 1. The highest BCUT2D eigenvalue weighted by atomic mass is 35.5. The Balaban J connectivity index is 2.35. The van der Waals surface area contributed by atoms with Crippen molar-refractivity contribution in [2.24, 2.45) is 0 Å². The fourth-order valence-corrected chi connectivity index (χ4v) is 3.27. The molecule has 0 bridgehead atoms. The van der Waals surface area contributed by atoms with Gasteiger partial charge < -0.3 is 10.1 Å². The third kappa shape index (κ3) is 4.13. The zero-order chi connectivity index (χ0) is 15.2. The lowest BCUT2D eigenvalue weighted by Crippen LogP contribution is -2.19. The quantitative estimate of drug-likeness (QED) is 0.845. The van der Waals surface area contributed by atoms with Gasteiger partial charge in [-0.2, -0.15) is 0 Å². The molecule has 21 heavy (non-hydrogen) atoms. The number of nitrogens with one attached hydrogen (secondary N) is 1. The average molecular weight is 323 g/mol. The number of benzene rings is 1. The molecule has 2 rings (SSSR count). The molecule has 1 aromatic carbocycles. The predicted molar refractivity (Wildman–Crippen MR) is 88.5 cm³/mol. The van der Waals surface area contributed by atoms with Crippen molar-refractivity contribution in [2.45, 2.75) is 29.8 Å². The third-order valence-corrected chi connectivity index (χ3v) is 4.35. The second-order valence-electron chi connectivity index (χ2n) is 4.57. The number of aromatic nitrogens is 1. The summed E-state index contributed by atoms with van der Waals surface area (Å²) in [7, 11) is 1.70. The van der Waals surface area contributed by atoms with Crippen LogP contribution in [0.15, 0.2) is 46.5 Å². The van der Waals surface area contributed by atoms with Gasteiger partial charge in [-0.3, -0.25) is 0 Å². The number of ether oxygens (including phenoxy) is 1. The van der Waals surface area contributed by atoms with Crippen LogP contribution in [-0.2, 0) is 0 Å². The zero-order valence-electron chi connectivity index (χ0n) is 12.4. The summed E-state index contributed by atoms with van der Waals surface area (Å²) in [4.78, 5) is 5.48. The van der Waals surface area contributed by atoms with E-state index in [2.05, 4.69) is 30.2 Å². The SMILES string of the molecule is CCNC(C)c1c(OC)cccc1Sc1ccc(Cl)cn1. The highest BCUT2D eigenvalue weighted by Gasteiger charge is 2.16. The van der Waals surface area contributed by atoms with E-state index in [0.29, 0.717) is 5.02 Å². The van der Waals surface area contributed by atoms with Crippen LogP contribution < -0.4 is 10.1 Å². The predicted octanol–water partition coefficient (Wildman–Crippen LogP) is 4.57. The van der Waals surface area contributed by atoms with Crippen LogP contribution in [0.25, 0.3) is 0 Å². The van der Waals surface area contributed by atoms with E-state index in [1.807, 2.05) is 24.3 Å². The van der Waals surface area contributed by atoms with Gasteiger partial charge in [-0.1, -0.05) is 36.4 Å². The number of methoxy groups -OCH3 is 1. The van der Waals surface area contributed by atoms with E-state index in [9.17, 15) is 0 Å². The lowest BCUT2D eigenvalue weighted by Gasteiger charge is -2.19. The average Bonchev–Trinajstić information content (AvgIpc) is 2.49. The molecule has 0 aliphatic rings. The minimum atomic E-state index is 0.209. The summed E-state index contributed by atoms with van der Waals surface area (Å²) >= 11 is 7.50. The zero-order valence-corrected chi connectivity index (χ0v) is 14.0.